The van der Waals surface area contributed by atoms with E-state index in [0.29, 0.717) is 11.4 Å². The molecule has 2 rings (SSSR count). The number of nitrogen functional groups attached to an aromatic ring is 2. The van der Waals surface area contributed by atoms with Crippen molar-refractivity contribution in [2.45, 2.75) is 19.8 Å². The summed E-state index contributed by atoms with van der Waals surface area (Å²) in [6, 6.07) is 7.67. The molecule has 0 saturated carbocycles. The molecule has 1 aromatic carbocycles. The van der Waals surface area contributed by atoms with Crippen LogP contribution in [0.15, 0.2) is 24.3 Å². The van der Waals surface area contributed by atoms with E-state index in [1.165, 1.54) is 4.68 Å². The van der Waals surface area contributed by atoms with Gasteiger partial charge in [-0.1, -0.05) is 17.7 Å². The van der Waals surface area contributed by atoms with Crippen LogP contribution in [0, 0.1) is 6.92 Å². The molecule has 0 aliphatic rings. The standard InChI is InChI=1S/C13H16N4O2/c1-8-2-4-9(5-3-8)17-13(15)10(12(14)16-17)6-7-11(18)19/h2-5H,6-7,15H2,1H3,(H2,14,16)(H,18,19). The summed E-state index contributed by atoms with van der Waals surface area (Å²) in [5, 5.41) is 12.9. The van der Waals surface area contributed by atoms with Crippen LogP contribution in [0.2, 0.25) is 0 Å². The molecule has 6 heteroatoms. The Bertz CT molecular complexity index is 602. The van der Waals surface area contributed by atoms with Gasteiger partial charge in [-0.15, -0.1) is 5.10 Å². The van der Waals surface area contributed by atoms with Crippen LogP contribution in [0.4, 0.5) is 11.6 Å². The summed E-state index contributed by atoms with van der Waals surface area (Å²) >= 11 is 0. The molecule has 0 aliphatic heterocycles. The highest BCUT2D eigenvalue weighted by Gasteiger charge is 2.15. The second-order valence-electron chi connectivity index (χ2n) is 4.39. The van der Waals surface area contributed by atoms with Crippen LogP contribution >= 0.6 is 0 Å². The van der Waals surface area contributed by atoms with Gasteiger partial charge in [-0.2, -0.15) is 0 Å². The average molecular weight is 260 g/mol. The third kappa shape index (κ3) is 2.67. The van der Waals surface area contributed by atoms with Gasteiger partial charge in [0.2, 0.25) is 0 Å². The second kappa shape index (κ2) is 5.01. The van der Waals surface area contributed by atoms with Gasteiger partial charge >= 0.3 is 5.97 Å². The molecule has 5 N–H and O–H groups in total. The maximum absolute atomic E-state index is 10.6. The Morgan fingerprint density at radius 2 is 1.95 bits per heavy atom. The number of hydrogen-bond acceptors (Lipinski definition) is 4. The van der Waals surface area contributed by atoms with Crippen LogP contribution in [0.3, 0.4) is 0 Å². The molecule has 0 radical (unpaired) electrons. The summed E-state index contributed by atoms with van der Waals surface area (Å²) in [5.41, 5.74) is 14.3. The number of nitrogens with zero attached hydrogens (tertiary/aromatic N) is 2. The van der Waals surface area contributed by atoms with Crippen molar-refractivity contribution in [2.24, 2.45) is 0 Å². The molecule has 100 valence electrons. The lowest BCUT2D eigenvalue weighted by molar-refractivity contribution is -0.136. The van der Waals surface area contributed by atoms with Gasteiger partial charge in [0.05, 0.1) is 5.69 Å². The van der Waals surface area contributed by atoms with Crippen LogP contribution in [-0.4, -0.2) is 20.9 Å². The van der Waals surface area contributed by atoms with Crippen molar-refractivity contribution in [1.82, 2.24) is 9.78 Å². The Labute approximate surface area is 110 Å². The minimum Gasteiger partial charge on any atom is -0.481 e. The zero-order valence-corrected chi connectivity index (χ0v) is 10.6. The van der Waals surface area contributed by atoms with Crippen molar-refractivity contribution in [3.05, 3.63) is 35.4 Å². The van der Waals surface area contributed by atoms with Gasteiger partial charge in [0.25, 0.3) is 0 Å². The van der Waals surface area contributed by atoms with Gasteiger partial charge in [0, 0.05) is 12.0 Å². The molecule has 0 bridgehead atoms. The van der Waals surface area contributed by atoms with Crippen molar-refractivity contribution in [2.75, 3.05) is 11.5 Å². The van der Waals surface area contributed by atoms with E-state index < -0.39 is 5.97 Å². The third-order valence-corrected chi connectivity index (χ3v) is 2.92. The number of carboxylic acid groups (broad SMARTS) is 1. The predicted molar refractivity (Wildman–Crippen MR) is 73.1 cm³/mol. The lowest BCUT2D eigenvalue weighted by atomic mass is 10.1. The highest BCUT2D eigenvalue weighted by Crippen LogP contribution is 2.24. The number of carbonyl (C=O) groups is 1. The van der Waals surface area contributed by atoms with Crippen LogP contribution in [0.25, 0.3) is 5.69 Å². The van der Waals surface area contributed by atoms with Crippen LogP contribution in [0.1, 0.15) is 17.5 Å². The minimum atomic E-state index is -0.887. The first kappa shape index (κ1) is 12.9. The molecule has 0 amide bonds. The van der Waals surface area contributed by atoms with Gasteiger partial charge in [0.1, 0.15) is 5.82 Å². The van der Waals surface area contributed by atoms with Crippen molar-refractivity contribution < 1.29 is 9.90 Å². The van der Waals surface area contributed by atoms with E-state index in [0.717, 1.165) is 11.3 Å². The first-order chi connectivity index (χ1) is 8.99. The molecular formula is C13H16N4O2. The normalized spacial score (nSPS) is 10.6. The quantitative estimate of drug-likeness (QED) is 0.769. The summed E-state index contributed by atoms with van der Waals surface area (Å²) in [5.74, 6) is -0.219. The first-order valence-electron chi connectivity index (χ1n) is 5.90. The summed E-state index contributed by atoms with van der Waals surface area (Å²) in [6.45, 7) is 1.99. The topological polar surface area (TPSA) is 107 Å². The van der Waals surface area contributed by atoms with E-state index >= 15 is 0 Å². The fourth-order valence-electron chi connectivity index (χ4n) is 1.85. The lowest BCUT2D eigenvalue weighted by Crippen LogP contribution is -2.04. The number of nitrogens with two attached hydrogens (primary N) is 2. The number of rotatable bonds is 4. The Morgan fingerprint density at radius 3 is 2.53 bits per heavy atom. The minimum absolute atomic E-state index is 0.0199. The molecule has 6 nitrogen and oxygen atoms in total. The Morgan fingerprint density at radius 1 is 1.32 bits per heavy atom. The Kier molecular flexibility index (Phi) is 3.41. The van der Waals surface area contributed by atoms with Gasteiger partial charge in [-0.3, -0.25) is 4.79 Å². The maximum Gasteiger partial charge on any atom is 0.303 e. The zero-order chi connectivity index (χ0) is 14.0. The molecule has 0 unspecified atom stereocenters. The van der Waals surface area contributed by atoms with Crippen molar-refractivity contribution in [3.8, 4) is 5.69 Å². The average Bonchev–Trinajstić information content (AvgIpc) is 2.63. The van der Waals surface area contributed by atoms with Gasteiger partial charge in [0.15, 0.2) is 5.82 Å². The number of carboxylic acids is 1. The second-order valence-corrected chi connectivity index (χ2v) is 4.39. The van der Waals surface area contributed by atoms with E-state index in [2.05, 4.69) is 5.10 Å². The van der Waals surface area contributed by atoms with Crippen molar-refractivity contribution >= 4 is 17.6 Å². The van der Waals surface area contributed by atoms with E-state index in [9.17, 15) is 4.79 Å². The van der Waals surface area contributed by atoms with Crippen LogP contribution in [-0.2, 0) is 11.2 Å². The number of aromatic nitrogens is 2. The van der Waals surface area contributed by atoms with E-state index in [1.807, 2.05) is 31.2 Å². The lowest BCUT2D eigenvalue weighted by Gasteiger charge is -2.05. The fraction of sp³-hybridized carbons (Fsp3) is 0.231. The van der Waals surface area contributed by atoms with Gasteiger partial charge < -0.3 is 16.6 Å². The maximum atomic E-state index is 10.6. The highest BCUT2D eigenvalue weighted by atomic mass is 16.4. The molecule has 19 heavy (non-hydrogen) atoms. The summed E-state index contributed by atoms with van der Waals surface area (Å²) in [7, 11) is 0. The molecular weight excluding hydrogens is 244 g/mol. The SMILES string of the molecule is Cc1ccc(-n2nc(N)c(CCC(=O)O)c2N)cc1. The number of benzene rings is 1. The Balaban J connectivity index is 2.35. The van der Waals surface area contributed by atoms with Crippen LogP contribution < -0.4 is 11.5 Å². The molecule has 0 atom stereocenters. The summed E-state index contributed by atoms with van der Waals surface area (Å²) in [6.07, 6.45) is 0.257. The van der Waals surface area contributed by atoms with E-state index in [1.54, 1.807) is 0 Å². The number of aryl methyl sites for hydroxylation is 1. The molecule has 0 aliphatic carbocycles. The monoisotopic (exact) mass is 260 g/mol. The molecule has 0 fully saturated rings. The van der Waals surface area contributed by atoms with Gasteiger partial charge in [-0.05, 0) is 25.5 Å². The smallest absolute Gasteiger partial charge is 0.303 e. The fourth-order valence-corrected chi connectivity index (χ4v) is 1.85. The largest absolute Gasteiger partial charge is 0.481 e. The number of hydrogen-bond donors (Lipinski definition) is 3. The zero-order valence-electron chi connectivity index (χ0n) is 10.6. The molecule has 0 spiro atoms. The third-order valence-electron chi connectivity index (χ3n) is 2.92. The number of aliphatic carboxylic acids is 1. The molecule has 2 aromatic rings. The molecule has 1 heterocycles. The predicted octanol–water partition coefficient (Wildman–Crippen LogP) is 1.36. The summed E-state index contributed by atoms with van der Waals surface area (Å²) in [4.78, 5) is 10.6. The molecule has 1 aromatic heterocycles. The summed E-state index contributed by atoms with van der Waals surface area (Å²) < 4.78 is 1.53. The van der Waals surface area contributed by atoms with Crippen molar-refractivity contribution in [3.63, 3.8) is 0 Å². The van der Waals surface area contributed by atoms with E-state index in [4.69, 9.17) is 16.6 Å². The first-order valence-corrected chi connectivity index (χ1v) is 5.90. The van der Waals surface area contributed by atoms with Crippen molar-refractivity contribution in [1.29, 1.82) is 0 Å². The van der Waals surface area contributed by atoms with Crippen LogP contribution in [0.5, 0.6) is 0 Å². The molecule has 0 saturated heterocycles. The van der Waals surface area contributed by atoms with Gasteiger partial charge in [-0.25, -0.2) is 4.68 Å². The Hall–Kier alpha value is -2.50. The highest BCUT2D eigenvalue weighted by molar-refractivity contribution is 5.68. The van der Waals surface area contributed by atoms with E-state index in [-0.39, 0.29) is 18.7 Å². The number of anilines is 2.